The van der Waals surface area contributed by atoms with E-state index < -0.39 is 0 Å². The Bertz CT molecular complexity index is 2000. The summed E-state index contributed by atoms with van der Waals surface area (Å²) in [6.07, 6.45) is 44.4. The first-order valence-electron chi connectivity index (χ1n) is 26.0. The van der Waals surface area contributed by atoms with Crippen molar-refractivity contribution in [1.29, 1.82) is 0 Å². The maximum absolute atomic E-state index is 13.7. The number of nitrogens with one attached hydrogen (secondary N) is 1. The Balaban J connectivity index is 1.04. The zero-order chi connectivity index (χ0) is 41.6. The van der Waals surface area contributed by atoms with Crippen LogP contribution in [-0.2, 0) is 19.6 Å². The maximum Gasteiger partial charge on any atom is 0.252 e. The van der Waals surface area contributed by atoms with E-state index in [9.17, 15) is 4.79 Å². The molecule has 60 heavy (non-hydrogen) atoms. The Morgan fingerprint density at radius 2 is 0.733 bits per heavy atom. The van der Waals surface area contributed by atoms with Gasteiger partial charge in [0.05, 0.1) is 16.6 Å². The topological polar surface area (TPSA) is 39.0 Å². The molecule has 1 aliphatic heterocycles. The van der Waals surface area contributed by atoms with E-state index in [4.69, 9.17) is 0 Å². The molecular weight excluding hydrogens is 731 g/mol. The fourth-order valence-electron chi connectivity index (χ4n) is 10.7. The van der Waals surface area contributed by atoms with Crippen molar-refractivity contribution in [2.24, 2.45) is 0 Å². The summed E-state index contributed by atoms with van der Waals surface area (Å²) < 4.78 is 5.27. The average molecular weight is 816 g/mol. The van der Waals surface area contributed by atoms with Gasteiger partial charge in [0.15, 0.2) is 0 Å². The van der Waals surface area contributed by atoms with Crippen LogP contribution in [0.25, 0.3) is 43.6 Å². The summed E-state index contributed by atoms with van der Waals surface area (Å²) in [4.78, 5) is 13.7. The van der Waals surface area contributed by atoms with Crippen LogP contribution in [0.3, 0.4) is 0 Å². The van der Waals surface area contributed by atoms with Crippen LogP contribution in [0.2, 0.25) is 0 Å². The Morgan fingerprint density at radius 1 is 0.417 bits per heavy atom. The summed E-state index contributed by atoms with van der Waals surface area (Å²) >= 11 is 0. The minimum Gasteiger partial charge on any atom is -0.348 e. The first-order chi connectivity index (χ1) is 29.8. The van der Waals surface area contributed by atoms with Gasteiger partial charge in [-0.2, -0.15) is 0 Å². The molecule has 0 saturated carbocycles. The van der Waals surface area contributed by atoms with Gasteiger partial charge < -0.3 is 14.5 Å². The number of fused-ring (bicyclic) bond motifs is 10. The predicted molar refractivity (Wildman–Crippen MR) is 263 cm³/mol. The van der Waals surface area contributed by atoms with Crippen LogP contribution >= 0.6 is 0 Å². The molecule has 1 amide bonds. The van der Waals surface area contributed by atoms with Crippen LogP contribution in [-0.4, -0.2) is 15.0 Å². The van der Waals surface area contributed by atoms with Gasteiger partial charge >= 0.3 is 0 Å². The molecule has 2 aromatic heterocycles. The summed E-state index contributed by atoms with van der Waals surface area (Å²) in [7, 11) is 0. The number of unbranched alkanes of at least 4 members (excludes halogenated alkanes) is 30. The highest BCUT2D eigenvalue weighted by atomic mass is 16.1. The van der Waals surface area contributed by atoms with Crippen molar-refractivity contribution in [3.63, 3.8) is 0 Å². The Kier molecular flexibility index (Phi) is 20.2. The van der Waals surface area contributed by atoms with E-state index in [1.807, 2.05) is 0 Å². The number of nitrogens with zero attached hydrogens (tertiary/aromatic N) is 2. The van der Waals surface area contributed by atoms with Crippen LogP contribution in [0.1, 0.15) is 235 Å². The first-order valence-corrected chi connectivity index (χ1v) is 26.0. The standard InChI is InChI=1S/C56H85N3O/c1-3-5-7-9-11-13-15-17-19-21-23-25-27-29-31-37-43-58-49-41-35-33-39-46(49)51-48-45-57-56(60)53(48)52-47-40-34-36-42-50(47)59(55(52)54(51)58)44-38-32-30-28-26-24-22-20-18-16-14-12-10-8-6-4-2/h33-36,39-42H,3-32,37-38,43-45H2,1-2H3,(H,57,60). The van der Waals surface area contributed by atoms with Gasteiger partial charge in [0.1, 0.15) is 0 Å². The molecule has 3 aromatic carbocycles. The molecule has 4 nitrogen and oxygen atoms in total. The number of aryl methyl sites for hydroxylation is 2. The molecule has 0 fully saturated rings. The van der Waals surface area contributed by atoms with Gasteiger partial charge in [0.2, 0.25) is 0 Å². The molecule has 3 heterocycles. The van der Waals surface area contributed by atoms with Crippen molar-refractivity contribution in [2.75, 3.05) is 0 Å². The van der Waals surface area contributed by atoms with Crippen molar-refractivity contribution in [1.82, 2.24) is 14.5 Å². The monoisotopic (exact) mass is 816 g/mol. The van der Waals surface area contributed by atoms with E-state index in [1.165, 1.54) is 255 Å². The van der Waals surface area contributed by atoms with Gasteiger partial charge in [0.25, 0.3) is 5.91 Å². The van der Waals surface area contributed by atoms with E-state index in [1.54, 1.807) is 0 Å². The molecule has 0 radical (unpaired) electrons. The predicted octanol–water partition coefficient (Wildman–Crippen LogP) is 17.7. The normalized spacial score (nSPS) is 12.9. The molecule has 330 valence electrons. The summed E-state index contributed by atoms with van der Waals surface area (Å²) in [6.45, 7) is 7.25. The molecule has 1 aliphatic rings. The van der Waals surface area contributed by atoms with Gasteiger partial charge in [0, 0.05) is 52.2 Å². The molecule has 5 aromatic rings. The third-order valence-electron chi connectivity index (χ3n) is 14.1. The molecule has 0 saturated heterocycles. The van der Waals surface area contributed by atoms with Crippen molar-refractivity contribution in [3.8, 4) is 0 Å². The second-order valence-corrected chi connectivity index (χ2v) is 18.9. The summed E-state index contributed by atoms with van der Waals surface area (Å²) in [5.41, 5.74) is 7.37. The fourth-order valence-corrected chi connectivity index (χ4v) is 10.7. The Labute approximate surface area is 366 Å². The van der Waals surface area contributed by atoms with E-state index in [0.29, 0.717) is 6.54 Å². The second-order valence-electron chi connectivity index (χ2n) is 18.9. The van der Waals surface area contributed by atoms with Gasteiger partial charge in [-0.1, -0.05) is 243 Å². The highest BCUT2D eigenvalue weighted by molar-refractivity contribution is 6.30. The lowest BCUT2D eigenvalue weighted by atomic mass is 9.97. The fraction of sp³-hybridized carbons (Fsp3) is 0.661. The van der Waals surface area contributed by atoms with Crippen LogP contribution < -0.4 is 5.32 Å². The lowest BCUT2D eigenvalue weighted by Gasteiger charge is -2.14. The number of aromatic nitrogens is 2. The quantitative estimate of drug-likeness (QED) is 0.0413. The molecule has 0 atom stereocenters. The van der Waals surface area contributed by atoms with Crippen LogP contribution in [0.15, 0.2) is 48.5 Å². The number of hydrogen-bond donors (Lipinski definition) is 1. The molecule has 0 aliphatic carbocycles. The van der Waals surface area contributed by atoms with Gasteiger partial charge in [-0.05, 0) is 30.5 Å². The lowest BCUT2D eigenvalue weighted by molar-refractivity contribution is 0.0967. The van der Waals surface area contributed by atoms with Crippen molar-refractivity contribution < 1.29 is 4.79 Å². The molecule has 6 rings (SSSR count). The van der Waals surface area contributed by atoms with E-state index in [0.717, 1.165) is 18.7 Å². The van der Waals surface area contributed by atoms with Crippen LogP contribution in [0.5, 0.6) is 0 Å². The second kappa shape index (κ2) is 26.3. The minimum absolute atomic E-state index is 0.0943. The van der Waals surface area contributed by atoms with Gasteiger partial charge in [-0.15, -0.1) is 0 Å². The third-order valence-corrected chi connectivity index (χ3v) is 14.1. The molecule has 1 N–H and O–H groups in total. The zero-order valence-electron chi connectivity index (χ0n) is 38.7. The van der Waals surface area contributed by atoms with Crippen LogP contribution in [0.4, 0.5) is 0 Å². The molecule has 0 unspecified atom stereocenters. The first kappa shape index (κ1) is 46.2. The van der Waals surface area contributed by atoms with Gasteiger partial charge in [-0.3, -0.25) is 4.79 Å². The summed E-state index contributed by atoms with van der Waals surface area (Å²) in [6, 6.07) is 17.9. The van der Waals surface area contributed by atoms with Crippen LogP contribution in [0, 0.1) is 0 Å². The third kappa shape index (κ3) is 12.7. The zero-order valence-corrected chi connectivity index (χ0v) is 38.7. The van der Waals surface area contributed by atoms with E-state index >= 15 is 0 Å². The average Bonchev–Trinajstić information content (AvgIpc) is 3.92. The molecule has 4 heteroatoms. The number of benzene rings is 3. The summed E-state index contributed by atoms with van der Waals surface area (Å²) in [5.74, 6) is 0.0943. The summed E-state index contributed by atoms with van der Waals surface area (Å²) in [5, 5.41) is 8.28. The SMILES string of the molecule is CCCCCCCCCCCCCCCCCCn1c2ccccc2c2c3c(c4c5ccccc5n(CCCCCCCCCCCCCCCCCC)c4c21)C(=O)NC3. The lowest BCUT2D eigenvalue weighted by Crippen LogP contribution is -2.12. The minimum atomic E-state index is 0.0943. The van der Waals surface area contributed by atoms with Crippen molar-refractivity contribution >= 4 is 49.5 Å². The molecule has 0 bridgehead atoms. The number of amides is 1. The Morgan fingerprint density at radius 3 is 1.12 bits per heavy atom. The van der Waals surface area contributed by atoms with Gasteiger partial charge in [-0.25, -0.2) is 0 Å². The van der Waals surface area contributed by atoms with E-state index in [-0.39, 0.29) is 5.91 Å². The number of para-hydroxylation sites is 2. The molecule has 0 spiro atoms. The number of carbonyl (C=O) groups is 1. The van der Waals surface area contributed by atoms with E-state index in [2.05, 4.69) is 76.8 Å². The highest BCUT2D eigenvalue weighted by Crippen LogP contribution is 2.45. The largest absolute Gasteiger partial charge is 0.348 e. The number of hydrogen-bond acceptors (Lipinski definition) is 1. The molecular formula is C56H85N3O. The number of rotatable bonds is 34. The number of carbonyl (C=O) groups excluding carboxylic acids is 1. The maximum atomic E-state index is 13.7. The van der Waals surface area contributed by atoms with Crippen molar-refractivity contribution in [2.45, 2.75) is 239 Å². The van der Waals surface area contributed by atoms with Crippen molar-refractivity contribution in [3.05, 3.63) is 59.7 Å². The highest BCUT2D eigenvalue weighted by Gasteiger charge is 2.31. The smallest absolute Gasteiger partial charge is 0.252 e. The Hall–Kier alpha value is -3.27.